The van der Waals surface area contributed by atoms with E-state index < -0.39 is 18.0 Å². The molecule has 3 aromatic rings. The normalized spacial score (nSPS) is 16.4. The molecule has 136 valence electrons. The van der Waals surface area contributed by atoms with Crippen LogP contribution in [-0.4, -0.2) is 29.6 Å². The molecule has 0 amide bonds. The van der Waals surface area contributed by atoms with Crippen LogP contribution in [-0.2, 0) is 14.3 Å². The highest BCUT2D eigenvalue weighted by atomic mass is 16.6. The molecule has 5 heteroatoms. The summed E-state index contributed by atoms with van der Waals surface area (Å²) in [5, 5.41) is 0.697. The van der Waals surface area contributed by atoms with Crippen LogP contribution in [0.2, 0.25) is 0 Å². The van der Waals surface area contributed by atoms with Gasteiger partial charge in [0.1, 0.15) is 0 Å². The summed E-state index contributed by atoms with van der Waals surface area (Å²) < 4.78 is 10.3. The predicted octanol–water partition coefficient (Wildman–Crippen LogP) is 3.99. The highest BCUT2D eigenvalue weighted by molar-refractivity contribution is 6.05. The van der Waals surface area contributed by atoms with Gasteiger partial charge in [0.2, 0.25) is 6.10 Å². The van der Waals surface area contributed by atoms with E-state index in [2.05, 4.69) is 6.07 Å². The second-order valence-electron chi connectivity index (χ2n) is 6.74. The van der Waals surface area contributed by atoms with Crippen molar-refractivity contribution in [3.63, 3.8) is 0 Å². The lowest BCUT2D eigenvalue weighted by molar-refractivity contribution is -0.145. The van der Waals surface area contributed by atoms with Crippen molar-refractivity contribution in [2.24, 2.45) is 0 Å². The number of carbonyl (C=O) groups excluding carboxylic acids is 2. The molecule has 1 aliphatic heterocycles. The molecule has 1 fully saturated rings. The summed E-state index contributed by atoms with van der Waals surface area (Å²) in [6.07, 6.45) is -0.452. The average Bonchev–Trinajstić information content (AvgIpc) is 3.05. The van der Waals surface area contributed by atoms with Crippen LogP contribution in [0.5, 0.6) is 0 Å². The summed E-state index contributed by atoms with van der Waals surface area (Å²) in [5.41, 5.74) is 5.01. The number of hydrogen-bond donors (Lipinski definition) is 0. The van der Waals surface area contributed by atoms with Gasteiger partial charge in [0.25, 0.3) is 0 Å². The van der Waals surface area contributed by atoms with Crippen molar-refractivity contribution >= 4 is 22.8 Å². The topological polar surface area (TPSA) is 65.5 Å². The van der Waals surface area contributed by atoms with Gasteiger partial charge in [-0.1, -0.05) is 42.0 Å². The fourth-order valence-electron chi connectivity index (χ4n) is 3.36. The van der Waals surface area contributed by atoms with Gasteiger partial charge in [-0.05, 0) is 31.5 Å². The lowest BCUT2D eigenvalue weighted by Gasteiger charge is -2.13. The highest BCUT2D eigenvalue weighted by Crippen LogP contribution is 2.28. The van der Waals surface area contributed by atoms with Gasteiger partial charge < -0.3 is 9.47 Å². The average molecular weight is 361 g/mol. The van der Waals surface area contributed by atoms with E-state index in [0.717, 1.165) is 16.7 Å². The van der Waals surface area contributed by atoms with Crippen LogP contribution in [0.3, 0.4) is 0 Å². The van der Waals surface area contributed by atoms with Crippen LogP contribution < -0.4 is 0 Å². The molecule has 0 bridgehead atoms. The van der Waals surface area contributed by atoms with E-state index in [1.165, 1.54) is 0 Å². The molecule has 4 rings (SSSR count). The molecule has 0 saturated carbocycles. The Bertz CT molecular complexity index is 1060. The van der Waals surface area contributed by atoms with Gasteiger partial charge in [-0.25, -0.2) is 14.6 Å². The summed E-state index contributed by atoms with van der Waals surface area (Å²) in [4.78, 5) is 29.2. The SMILES string of the molecule is Cc1ccc(-c2cc(C(=O)O[C@H]3CCOC3=O)c3ccccc3n2)c(C)c1. The van der Waals surface area contributed by atoms with Crippen LogP contribution in [0, 0.1) is 13.8 Å². The largest absolute Gasteiger partial charge is 0.463 e. The molecule has 0 aliphatic carbocycles. The molecule has 0 spiro atoms. The number of aryl methyl sites for hydroxylation is 2. The van der Waals surface area contributed by atoms with Crippen LogP contribution in [0.25, 0.3) is 22.2 Å². The van der Waals surface area contributed by atoms with E-state index in [-0.39, 0.29) is 6.61 Å². The van der Waals surface area contributed by atoms with E-state index in [1.807, 2.05) is 50.2 Å². The molecule has 27 heavy (non-hydrogen) atoms. The molecular formula is C22H19NO4. The molecular weight excluding hydrogens is 342 g/mol. The van der Waals surface area contributed by atoms with Crippen molar-refractivity contribution in [3.05, 3.63) is 65.2 Å². The maximum atomic E-state index is 12.8. The fraction of sp³-hybridized carbons (Fsp3) is 0.227. The third kappa shape index (κ3) is 3.28. The zero-order valence-electron chi connectivity index (χ0n) is 15.2. The molecule has 1 saturated heterocycles. The van der Waals surface area contributed by atoms with Crippen molar-refractivity contribution in [2.75, 3.05) is 6.61 Å². The minimum absolute atomic E-state index is 0.279. The Labute approximate surface area is 156 Å². The van der Waals surface area contributed by atoms with Gasteiger partial charge in [-0.15, -0.1) is 0 Å². The van der Waals surface area contributed by atoms with Crippen LogP contribution in [0.15, 0.2) is 48.5 Å². The van der Waals surface area contributed by atoms with E-state index in [0.29, 0.717) is 28.6 Å². The third-order valence-corrected chi connectivity index (χ3v) is 4.73. The number of para-hydroxylation sites is 1. The Balaban J connectivity index is 1.81. The quantitative estimate of drug-likeness (QED) is 0.660. The van der Waals surface area contributed by atoms with Gasteiger partial charge in [0.15, 0.2) is 0 Å². The van der Waals surface area contributed by atoms with Gasteiger partial charge in [-0.3, -0.25) is 0 Å². The molecule has 2 heterocycles. The smallest absolute Gasteiger partial charge is 0.347 e. The maximum Gasteiger partial charge on any atom is 0.347 e. The number of cyclic esters (lactones) is 1. The number of aromatic nitrogens is 1. The summed E-state index contributed by atoms with van der Waals surface area (Å²) >= 11 is 0. The summed E-state index contributed by atoms with van der Waals surface area (Å²) in [5.74, 6) is -1.03. The number of nitrogens with zero attached hydrogens (tertiary/aromatic N) is 1. The summed E-state index contributed by atoms with van der Waals surface area (Å²) in [6, 6.07) is 15.3. The fourth-order valence-corrected chi connectivity index (χ4v) is 3.36. The van der Waals surface area contributed by atoms with Gasteiger partial charge >= 0.3 is 11.9 Å². The number of ether oxygens (including phenoxy) is 2. The number of carbonyl (C=O) groups is 2. The molecule has 0 unspecified atom stereocenters. The Morgan fingerprint density at radius 1 is 1.15 bits per heavy atom. The van der Waals surface area contributed by atoms with Crippen LogP contribution >= 0.6 is 0 Å². The molecule has 2 aromatic carbocycles. The van der Waals surface area contributed by atoms with Crippen molar-refractivity contribution in [1.82, 2.24) is 4.98 Å². The highest BCUT2D eigenvalue weighted by Gasteiger charge is 2.31. The lowest BCUT2D eigenvalue weighted by Crippen LogP contribution is -2.23. The second kappa shape index (κ2) is 6.83. The summed E-state index contributed by atoms with van der Waals surface area (Å²) in [7, 11) is 0. The van der Waals surface area contributed by atoms with Gasteiger partial charge in [0, 0.05) is 17.4 Å². The van der Waals surface area contributed by atoms with Gasteiger partial charge in [-0.2, -0.15) is 0 Å². The van der Waals surface area contributed by atoms with E-state index in [1.54, 1.807) is 6.07 Å². The summed E-state index contributed by atoms with van der Waals surface area (Å²) in [6.45, 7) is 4.33. The van der Waals surface area contributed by atoms with Crippen LogP contribution in [0.4, 0.5) is 0 Å². The Morgan fingerprint density at radius 2 is 1.96 bits per heavy atom. The first kappa shape index (κ1) is 17.2. The second-order valence-corrected chi connectivity index (χ2v) is 6.74. The van der Waals surface area contributed by atoms with Crippen molar-refractivity contribution in [1.29, 1.82) is 0 Å². The van der Waals surface area contributed by atoms with Crippen molar-refractivity contribution in [3.8, 4) is 11.3 Å². The minimum Gasteiger partial charge on any atom is -0.463 e. The number of esters is 2. The number of hydrogen-bond acceptors (Lipinski definition) is 5. The van der Waals surface area contributed by atoms with Crippen molar-refractivity contribution in [2.45, 2.75) is 26.4 Å². The Morgan fingerprint density at radius 3 is 2.70 bits per heavy atom. The third-order valence-electron chi connectivity index (χ3n) is 4.73. The van der Waals surface area contributed by atoms with E-state index >= 15 is 0 Å². The Kier molecular flexibility index (Phi) is 4.36. The number of rotatable bonds is 3. The zero-order valence-corrected chi connectivity index (χ0v) is 15.2. The van der Waals surface area contributed by atoms with Crippen molar-refractivity contribution < 1.29 is 19.1 Å². The molecule has 1 aliphatic rings. The number of fused-ring (bicyclic) bond motifs is 1. The molecule has 0 radical (unpaired) electrons. The first-order valence-electron chi connectivity index (χ1n) is 8.88. The minimum atomic E-state index is -0.839. The predicted molar refractivity (Wildman–Crippen MR) is 101 cm³/mol. The van der Waals surface area contributed by atoms with Gasteiger partial charge in [0.05, 0.1) is 23.4 Å². The molecule has 1 atom stereocenters. The maximum absolute atomic E-state index is 12.8. The number of benzene rings is 2. The van der Waals surface area contributed by atoms with E-state index in [9.17, 15) is 9.59 Å². The first-order chi connectivity index (χ1) is 13.0. The monoisotopic (exact) mass is 361 g/mol. The standard InChI is InChI=1S/C22H19NO4/c1-13-7-8-15(14(2)11-13)19-12-17(16-5-3-4-6-18(16)23-19)21(24)27-20-9-10-26-22(20)25/h3-8,11-12,20H,9-10H2,1-2H3/t20-/m0/s1. The molecule has 1 aromatic heterocycles. The van der Waals surface area contributed by atoms with E-state index in [4.69, 9.17) is 14.5 Å². The first-order valence-corrected chi connectivity index (χ1v) is 8.88. The zero-order chi connectivity index (χ0) is 19.0. The molecule has 0 N–H and O–H groups in total. The molecule has 5 nitrogen and oxygen atoms in total. The number of pyridine rings is 1. The van der Waals surface area contributed by atoms with Crippen LogP contribution in [0.1, 0.15) is 27.9 Å². The Hall–Kier alpha value is -3.21. The lowest BCUT2D eigenvalue weighted by atomic mass is 9.99.